The summed E-state index contributed by atoms with van der Waals surface area (Å²) in [5, 5.41) is 3.50. The highest BCUT2D eigenvalue weighted by Gasteiger charge is 2.42. The molecule has 0 spiro atoms. The van der Waals surface area contributed by atoms with E-state index in [-0.39, 0.29) is 12.2 Å². The van der Waals surface area contributed by atoms with Crippen molar-refractivity contribution < 1.29 is 4.79 Å². The van der Waals surface area contributed by atoms with Gasteiger partial charge in [0.05, 0.1) is 12.2 Å². The zero-order valence-corrected chi connectivity index (χ0v) is 12.2. The summed E-state index contributed by atoms with van der Waals surface area (Å²) in [6.07, 6.45) is 2.25. The highest BCUT2D eigenvalue weighted by molar-refractivity contribution is 5.85. The average molecular weight is 240 g/mol. The summed E-state index contributed by atoms with van der Waals surface area (Å²) < 4.78 is 0. The number of carbonyl (C=O) groups is 1. The van der Waals surface area contributed by atoms with Gasteiger partial charge in [0.25, 0.3) is 0 Å². The first-order valence-electron chi connectivity index (χ1n) is 7.02. The lowest BCUT2D eigenvalue weighted by Crippen LogP contribution is -2.45. The SMILES string of the molecule is CCC(C)C1NC(CC)N(C(C)C(C)C)C1=O. The quantitative estimate of drug-likeness (QED) is 0.801. The number of amides is 1. The smallest absolute Gasteiger partial charge is 0.241 e. The minimum atomic E-state index is 0.0196. The van der Waals surface area contributed by atoms with Gasteiger partial charge in [-0.1, -0.05) is 41.0 Å². The molecule has 4 atom stereocenters. The predicted octanol–water partition coefficient (Wildman–Crippen LogP) is 2.61. The standard InChI is InChI=1S/C14H28N2O/c1-7-10(5)13-14(17)16(11(6)9(3)4)12(8-2)15-13/h9-13,15H,7-8H2,1-6H3. The van der Waals surface area contributed by atoms with Crippen LogP contribution in [0.5, 0.6) is 0 Å². The van der Waals surface area contributed by atoms with E-state index in [4.69, 9.17) is 0 Å². The monoisotopic (exact) mass is 240 g/mol. The number of rotatable bonds is 5. The van der Waals surface area contributed by atoms with Crippen molar-refractivity contribution in [1.29, 1.82) is 0 Å². The largest absolute Gasteiger partial charge is 0.323 e. The molecule has 17 heavy (non-hydrogen) atoms. The topological polar surface area (TPSA) is 32.3 Å². The van der Waals surface area contributed by atoms with Gasteiger partial charge in [0.1, 0.15) is 0 Å². The first-order valence-corrected chi connectivity index (χ1v) is 7.02. The van der Waals surface area contributed by atoms with E-state index in [0.29, 0.717) is 23.8 Å². The van der Waals surface area contributed by atoms with E-state index in [1.807, 2.05) is 0 Å². The summed E-state index contributed by atoms with van der Waals surface area (Å²) in [6, 6.07) is 0.333. The maximum atomic E-state index is 12.5. The Bertz CT molecular complexity index is 265. The van der Waals surface area contributed by atoms with Crippen LogP contribution in [-0.4, -0.2) is 29.1 Å². The number of nitrogens with one attached hydrogen (secondary N) is 1. The third-order valence-electron chi connectivity index (χ3n) is 4.23. The van der Waals surface area contributed by atoms with Crippen molar-refractivity contribution in [2.45, 2.75) is 72.6 Å². The van der Waals surface area contributed by atoms with Crippen LogP contribution in [0.2, 0.25) is 0 Å². The first-order chi connectivity index (χ1) is 7.93. The van der Waals surface area contributed by atoms with E-state index in [1.54, 1.807) is 0 Å². The Morgan fingerprint density at radius 1 is 1.24 bits per heavy atom. The van der Waals surface area contributed by atoms with Crippen LogP contribution in [0.4, 0.5) is 0 Å². The third-order valence-corrected chi connectivity index (χ3v) is 4.23. The molecule has 0 aliphatic carbocycles. The van der Waals surface area contributed by atoms with Crippen LogP contribution in [0.25, 0.3) is 0 Å². The van der Waals surface area contributed by atoms with Gasteiger partial charge in [-0.05, 0) is 25.2 Å². The minimum absolute atomic E-state index is 0.0196. The second-order valence-electron chi connectivity index (χ2n) is 5.68. The average Bonchev–Trinajstić information content (AvgIpc) is 2.64. The molecule has 1 rings (SSSR count). The Labute approximate surface area is 106 Å². The van der Waals surface area contributed by atoms with E-state index in [2.05, 4.69) is 51.8 Å². The molecule has 1 heterocycles. The molecule has 3 heteroatoms. The van der Waals surface area contributed by atoms with Gasteiger partial charge >= 0.3 is 0 Å². The number of carbonyl (C=O) groups excluding carboxylic acids is 1. The van der Waals surface area contributed by atoms with Crippen molar-refractivity contribution in [3.63, 3.8) is 0 Å². The lowest BCUT2D eigenvalue weighted by atomic mass is 9.98. The molecular weight excluding hydrogens is 212 g/mol. The molecule has 0 aromatic carbocycles. The summed E-state index contributed by atoms with van der Waals surface area (Å²) in [7, 11) is 0. The number of nitrogens with zero attached hydrogens (tertiary/aromatic N) is 1. The number of hydrogen-bond acceptors (Lipinski definition) is 2. The van der Waals surface area contributed by atoms with Crippen molar-refractivity contribution >= 4 is 5.91 Å². The molecule has 1 saturated heterocycles. The molecule has 0 aromatic rings. The molecule has 4 unspecified atom stereocenters. The van der Waals surface area contributed by atoms with E-state index in [0.717, 1.165) is 12.8 Å². The van der Waals surface area contributed by atoms with E-state index in [9.17, 15) is 4.79 Å². The molecule has 0 bridgehead atoms. The summed E-state index contributed by atoms with van der Waals surface area (Å²) >= 11 is 0. The van der Waals surface area contributed by atoms with Crippen LogP contribution in [0.3, 0.4) is 0 Å². The predicted molar refractivity (Wildman–Crippen MR) is 71.6 cm³/mol. The second kappa shape index (κ2) is 5.85. The summed E-state index contributed by atoms with van der Waals surface area (Å²) in [5.74, 6) is 1.22. The van der Waals surface area contributed by atoms with Crippen LogP contribution < -0.4 is 5.32 Å². The highest BCUT2D eigenvalue weighted by atomic mass is 16.2. The Morgan fingerprint density at radius 2 is 1.82 bits per heavy atom. The van der Waals surface area contributed by atoms with Crippen LogP contribution in [0.15, 0.2) is 0 Å². The van der Waals surface area contributed by atoms with Gasteiger partial charge in [-0.25, -0.2) is 0 Å². The summed E-state index contributed by atoms with van der Waals surface area (Å²) in [4.78, 5) is 14.6. The fourth-order valence-electron chi connectivity index (χ4n) is 2.44. The Balaban J connectivity index is 2.85. The Morgan fingerprint density at radius 3 is 2.24 bits per heavy atom. The van der Waals surface area contributed by atoms with Crippen LogP contribution in [0, 0.1) is 11.8 Å². The number of hydrogen-bond donors (Lipinski definition) is 1. The molecule has 3 nitrogen and oxygen atoms in total. The van der Waals surface area contributed by atoms with Crippen LogP contribution in [0.1, 0.15) is 54.4 Å². The fourth-order valence-corrected chi connectivity index (χ4v) is 2.44. The molecule has 1 N–H and O–H groups in total. The van der Waals surface area contributed by atoms with Crippen molar-refractivity contribution in [3.8, 4) is 0 Å². The van der Waals surface area contributed by atoms with Gasteiger partial charge in [0.2, 0.25) is 5.91 Å². The first kappa shape index (κ1) is 14.5. The maximum Gasteiger partial charge on any atom is 0.241 e. The maximum absolute atomic E-state index is 12.5. The van der Waals surface area contributed by atoms with Crippen LogP contribution >= 0.6 is 0 Å². The molecule has 1 amide bonds. The lowest BCUT2D eigenvalue weighted by molar-refractivity contribution is -0.133. The molecule has 1 aliphatic heterocycles. The lowest BCUT2D eigenvalue weighted by Gasteiger charge is -2.32. The van der Waals surface area contributed by atoms with Gasteiger partial charge in [0, 0.05) is 6.04 Å². The van der Waals surface area contributed by atoms with Gasteiger partial charge in [-0.3, -0.25) is 10.1 Å². The molecule has 0 saturated carbocycles. The van der Waals surface area contributed by atoms with E-state index in [1.165, 1.54) is 0 Å². The highest BCUT2D eigenvalue weighted by Crippen LogP contribution is 2.25. The van der Waals surface area contributed by atoms with Crippen molar-refractivity contribution in [2.75, 3.05) is 0 Å². The second-order valence-corrected chi connectivity index (χ2v) is 5.68. The van der Waals surface area contributed by atoms with E-state index >= 15 is 0 Å². The minimum Gasteiger partial charge on any atom is -0.323 e. The van der Waals surface area contributed by atoms with Gasteiger partial charge in [-0.2, -0.15) is 0 Å². The van der Waals surface area contributed by atoms with Crippen molar-refractivity contribution in [2.24, 2.45) is 11.8 Å². The molecule has 100 valence electrons. The van der Waals surface area contributed by atoms with E-state index < -0.39 is 0 Å². The summed E-state index contributed by atoms with van der Waals surface area (Å²) in [5.41, 5.74) is 0. The fraction of sp³-hybridized carbons (Fsp3) is 0.929. The Kier molecular flexibility index (Phi) is 4.99. The third kappa shape index (κ3) is 2.82. The van der Waals surface area contributed by atoms with Gasteiger partial charge < -0.3 is 4.90 Å². The Hall–Kier alpha value is -0.570. The van der Waals surface area contributed by atoms with Crippen molar-refractivity contribution in [1.82, 2.24) is 10.2 Å². The van der Waals surface area contributed by atoms with Crippen molar-refractivity contribution in [3.05, 3.63) is 0 Å². The molecular formula is C14H28N2O. The molecule has 1 fully saturated rings. The zero-order chi connectivity index (χ0) is 13.2. The summed E-state index contributed by atoms with van der Waals surface area (Å²) in [6.45, 7) is 13.0. The van der Waals surface area contributed by atoms with Crippen LogP contribution in [-0.2, 0) is 4.79 Å². The van der Waals surface area contributed by atoms with Gasteiger partial charge in [0.15, 0.2) is 0 Å². The van der Waals surface area contributed by atoms with Gasteiger partial charge in [-0.15, -0.1) is 0 Å². The molecule has 0 radical (unpaired) electrons. The molecule has 0 aromatic heterocycles. The zero-order valence-electron chi connectivity index (χ0n) is 12.2. The molecule has 1 aliphatic rings. The normalized spacial score (nSPS) is 28.9.